The summed E-state index contributed by atoms with van der Waals surface area (Å²) in [5.41, 5.74) is 2.66. The Labute approximate surface area is 156 Å². The third-order valence-electron chi connectivity index (χ3n) is 3.99. The fraction of sp³-hybridized carbons (Fsp3) is 0.0952. The lowest BCUT2D eigenvalue weighted by Crippen LogP contribution is -2.13. The van der Waals surface area contributed by atoms with E-state index in [9.17, 15) is 14.0 Å². The summed E-state index contributed by atoms with van der Waals surface area (Å²) >= 11 is 0. The number of hydrogen-bond donors (Lipinski definition) is 2. The van der Waals surface area contributed by atoms with Crippen molar-refractivity contribution in [3.63, 3.8) is 0 Å². The molecule has 0 fully saturated rings. The highest BCUT2D eigenvalue weighted by atomic mass is 19.1. The van der Waals surface area contributed by atoms with Gasteiger partial charge in [0.05, 0.1) is 11.3 Å². The van der Waals surface area contributed by atoms with Crippen molar-refractivity contribution in [3.05, 3.63) is 89.5 Å². The van der Waals surface area contributed by atoms with Gasteiger partial charge in [-0.3, -0.25) is 14.6 Å². The monoisotopic (exact) mass is 363 g/mol. The van der Waals surface area contributed by atoms with E-state index in [0.717, 1.165) is 0 Å². The molecule has 0 bridgehead atoms. The SMILES string of the molecule is CC(=O)c1ccc(NC(=O)c2cncc(NCc3ccccc3F)c2)cc1. The smallest absolute Gasteiger partial charge is 0.257 e. The van der Waals surface area contributed by atoms with Crippen LogP contribution in [0.1, 0.15) is 33.2 Å². The van der Waals surface area contributed by atoms with Crippen LogP contribution in [0.15, 0.2) is 67.0 Å². The number of ketones is 1. The molecule has 1 aromatic heterocycles. The van der Waals surface area contributed by atoms with Crippen molar-refractivity contribution in [1.82, 2.24) is 4.98 Å². The van der Waals surface area contributed by atoms with Crippen LogP contribution in [0.2, 0.25) is 0 Å². The predicted octanol–water partition coefficient (Wildman–Crippen LogP) is 4.29. The molecule has 5 nitrogen and oxygen atoms in total. The molecule has 0 aliphatic rings. The molecule has 2 aromatic carbocycles. The van der Waals surface area contributed by atoms with Crippen LogP contribution in [-0.4, -0.2) is 16.7 Å². The van der Waals surface area contributed by atoms with Gasteiger partial charge in [-0.2, -0.15) is 0 Å². The second kappa shape index (κ2) is 8.23. The highest BCUT2D eigenvalue weighted by Crippen LogP contribution is 2.15. The van der Waals surface area contributed by atoms with Crippen molar-refractivity contribution in [2.75, 3.05) is 10.6 Å². The van der Waals surface area contributed by atoms with Gasteiger partial charge in [-0.1, -0.05) is 18.2 Å². The zero-order chi connectivity index (χ0) is 19.2. The lowest BCUT2D eigenvalue weighted by molar-refractivity contribution is 0.101. The van der Waals surface area contributed by atoms with Crippen molar-refractivity contribution >= 4 is 23.1 Å². The number of halogens is 1. The van der Waals surface area contributed by atoms with Crippen molar-refractivity contribution in [3.8, 4) is 0 Å². The molecule has 1 amide bonds. The van der Waals surface area contributed by atoms with Gasteiger partial charge in [0.15, 0.2) is 5.78 Å². The quantitative estimate of drug-likeness (QED) is 0.641. The summed E-state index contributed by atoms with van der Waals surface area (Å²) in [4.78, 5) is 27.8. The standard InChI is InChI=1S/C21H18FN3O2/c1-14(26)15-6-8-18(9-7-15)25-21(27)17-10-19(13-23-11-17)24-12-16-4-2-3-5-20(16)22/h2-11,13,24H,12H2,1H3,(H,25,27). The summed E-state index contributed by atoms with van der Waals surface area (Å²) in [5, 5.41) is 5.82. The van der Waals surface area contributed by atoms with Crippen molar-refractivity contribution in [2.24, 2.45) is 0 Å². The lowest BCUT2D eigenvalue weighted by Gasteiger charge is -2.09. The van der Waals surface area contributed by atoms with Crippen molar-refractivity contribution in [2.45, 2.75) is 13.5 Å². The Hall–Kier alpha value is -3.54. The third-order valence-corrected chi connectivity index (χ3v) is 3.99. The first-order valence-corrected chi connectivity index (χ1v) is 8.37. The maximum absolute atomic E-state index is 13.7. The van der Waals surface area contributed by atoms with Crippen LogP contribution in [0.3, 0.4) is 0 Å². The number of pyridine rings is 1. The van der Waals surface area contributed by atoms with Gasteiger partial charge in [0.2, 0.25) is 0 Å². The molecular formula is C21H18FN3O2. The molecule has 0 saturated carbocycles. The first kappa shape index (κ1) is 18.3. The van der Waals surface area contributed by atoms with Crippen LogP contribution >= 0.6 is 0 Å². The normalized spacial score (nSPS) is 10.3. The molecule has 0 spiro atoms. The predicted molar refractivity (Wildman–Crippen MR) is 102 cm³/mol. The van der Waals surface area contributed by atoms with Gasteiger partial charge in [0, 0.05) is 35.8 Å². The minimum atomic E-state index is -0.326. The largest absolute Gasteiger partial charge is 0.380 e. The molecule has 136 valence electrons. The summed E-state index contributed by atoms with van der Waals surface area (Å²) in [7, 11) is 0. The second-order valence-corrected chi connectivity index (χ2v) is 5.99. The topological polar surface area (TPSA) is 71.1 Å². The minimum absolute atomic E-state index is 0.0364. The average molecular weight is 363 g/mol. The van der Waals surface area contributed by atoms with Crippen LogP contribution in [0, 0.1) is 5.82 Å². The van der Waals surface area contributed by atoms with Gasteiger partial charge < -0.3 is 10.6 Å². The van der Waals surface area contributed by atoms with Crippen LogP contribution in [0.4, 0.5) is 15.8 Å². The van der Waals surface area contributed by atoms with E-state index >= 15 is 0 Å². The van der Waals surface area contributed by atoms with E-state index in [2.05, 4.69) is 15.6 Å². The maximum Gasteiger partial charge on any atom is 0.257 e. The second-order valence-electron chi connectivity index (χ2n) is 5.99. The number of aromatic nitrogens is 1. The zero-order valence-electron chi connectivity index (χ0n) is 14.7. The van der Waals surface area contributed by atoms with E-state index < -0.39 is 0 Å². The molecule has 0 unspecified atom stereocenters. The minimum Gasteiger partial charge on any atom is -0.380 e. The van der Waals surface area contributed by atoms with E-state index in [4.69, 9.17) is 0 Å². The van der Waals surface area contributed by atoms with Crippen LogP contribution in [0.25, 0.3) is 0 Å². The molecule has 6 heteroatoms. The molecule has 0 radical (unpaired) electrons. The van der Waals surface area contributed by atoms with Gasteiger partial charge in [-0.25, -0.2) is 4.39 Å². The number of rotatable bonds is 6. The Bertz CT molecular complexity index is 971. The lowest BCUT2D eigenvalue weighted by atomic mass is 10.1. The van der Waals surface area contributed by atoms with Crippen molar-refractivity contribution < 1.29 is 14.0 Å². The molecule has 27 heavy (non-hydrogen) atoms. The van der Waals surface area contributed by atoms with Gasteiger partial charge in [-0.05, 0) is 43.3 Å². The summed E-state index contributed by atoms with van der Waals surface area (Å²) < 4.78 is 13.7. The van der Waals surface area contributed by atoms with E-state index in [1.165, 1.54) is 19.2 Å². The zero-order valence-corrected chi connectivity index (χ0v) is 14.7. The molecule has 0 atom stereocenters. The number of Topliss-reactive ketones (excluding diaryl/α,β-unsaturated/α-hetero) is 1. The molecule has 0 saturated heterocycles. The summed E-state index contributed by atoms with van der Waals surface area (Å²) in [6.45, 7) is 1.77. The summed E-state index contributed by atoms with van der Waals surface area (Å²) in [6, 6.07) is 14.8. The van der Waals surface area contributed by atoms with Gasteiger partial charge >= 0.3 is 0 Å². The van der Waals surface area contributed by atoms with Crippen LogP contribution in [0.5, 0.6) is 0 Å². The Morgan fingerprint density at radius 2 is 1.70 bits per heavy atom. The highest BCUT2D eigenvalue weighted by molar-refractivity contribution is 6.04. The highest BCUT2D eigenvalue weighted by Gasteiger charge is 2.09. The maximum atomic E-state index is 13.7. The fourth-order valence-electron chi connectivity index (χ4n) is 2.49. The number of carbonyl (C=O) groups is 2. The summed E-state index contributed by atoms with van der Waals surface area (Å²) in [5.74, 6) is -0.654. The Kier molecular flexibility index (Phi) is 5.56. The van der Waals surface area contributed by atoms with Crippen molar-refractivity contribution in [1.29, 1.82) is 0 Å². The number of benzene rings is 2. The van der Waals surface area contributed by atoms with E-state index in [1.54, 1.807) is 54.7 Å². The Morgan fingerprint density at radius 3 is 2.41 bits per heavy atom. The average Bonchev–Trinajstić information content (AvgIpc) is 2.68. The first-order valence-electron chi connectivity index (χ1n) is 8.37. The Morgan fingerprint density at radius 1 is 0.963 bits per heavy atom. The molecule has 1 heterocycles. The number of amides is 1. The van der Waals surface area contributed by atoms with E-state index in [-0.39, 0.29) is 24.1 Å². The number of hydrogen-bond acceptors (Lipinski definition) is 4. The van der Waals surface area contributed by atoms with E-state index in [0.29, 0.717) is 28.1 Å². The molecule has 0 aliphatic heterocycles. The van der Waals surface area contributed by atoms with E-state index in [1.807, 2.05) is 0 Å². The third kappa shape index (κ3) is 4.76. The number of nitrogens with zero attached hydrogens (tertiary/aromatic N) is 1. The number of nitrogens with one attached hydrogen (secondary N) is 2. The van der Waals surface area contributed by atoms with Gasteiger partial charge in [0.25, 0.3) is 5.91 Å². The van der Waals surface area contributed by atoms with Gasteiger partial charge in [0.1, 0.15) is 5.82 Å². The van der Waals surface area contributed by atoms with Gasteiger partial charge in [-0.15, -0.1) is 0 Å². The van der Waals surface area contributed by atoms with Crippen LogP contribution < -0.4 is 10.6 Å². The Balaban J connectivity index is 1.66. The molecular weight excluding hydrogens is 345 g/mol. The molecule has 3 aromatic rings. The molecule has 2 N–H and O–H groups in total. The number of anilines is 2. The van der Waals surface area contributed by atoms with Crippen LogP contribution in [-0.2, 0) is 6.54 Å². The summed E-state index contributed by atoms with van der Waals surface area (Å²) in [6.07, 6.45) is 3.02. The first-order chi connectivity index (χ1) is 13.0. The molecule has 3 rings (SSSR count). The number of carbonyl (C=O) groups excluding carboxylic acids is 2. The fourth-order valence-corrected chi connectivity index (χ4v) is 2.49. The molecule has 0 aliphatic carbocycles.